The number of piperazine rings is 1. The Morgan fingerprint density at radius 2 is 1.90 bits per heavy atom. The zero-order valence-corrected chi connectivity index (χ0v) is 13.4. The van der Waals surface area contributed by atoms with Crippen LogP contribution in [-0.2, 0) is 9.59 Å². The van der Waals surface area contributed by atoms with Gasteiger partial charge in [-0.2, -0.15) is 11.8 Å². The molecule has 2 saturated heterocycles. The number of nitrogens with one attached hydrogen (secondary N) is 1. The first-order valence-electron chi connectivity index (χ1n) is 7.41. The van der Waals surface area contributed by atoms with Crippen LogP contribution in [-0.4, -0.2) is 71.4 Å². The molecule has 5 nitrogen and oxygen atoms in total. The van der Waals surface area contributed by atoms with Crippen LogP contribution in [0.15, 0.2) is 0 Å². The highest BCUT2D eigenvalue weighted by molar-refractivity contribution is 7.99. The Labute approximate surface area is 125 Å². The van der Waals surface area contributed by atoms with Gasteiger partial charge in [0, 0.05) is 37.7 Å². The van der Waals surface area contributed by atoms with E-state index in [0.717, 1.165) is 19.6 Å². The molecule has 114 valence electrons. The number of nitrogens with zero attached hydrogens (tertiary/aromatic N) is 2. The molecule has 2 aliphatic heterocycles. The molecule has 0 aliphatic carbocycles. The standard InChI is InChI=1S/C14H25N3O2S/c1-10(2)12-13(18)15-11(3)14(19)17(12)5-4-16-6-8-20-9-7-16/h10-12H,4-9H2,1-3H3,(H,15,18). The topological polar surface area (TPSA) is 52.7 Å². The molecule has 0 aromatic heterocycles. The summed E-state index contributed by atoms with van der Waals surface area (Å²) in [4.78, 5) is 28.7. The summed E-state index contributed by atoms with van der Waals surface area (Å²) in [6.45, 7) is 9.46. The Hall–Kier alpha value is -0.750. The van der Waals surface area contributed by atoms with E-state index in [-0.39, 0.29) is 23.8 Å². The van der Waals surface area contributed by atoms with Crippen molar-refractivity contribution in [2.24, 2.45) is 5.92 Å². The van der Waals surface area contributed by atoms with E-state index in [9.17, 15) is 9.59 Å². The molecule has 0 radical (unpaired) electrons. The lowest BCUT2D eigenvalue weighted by Crippen LogP contribution is -2.64. The van der Waals surface area contributed by atoms with Crippen molar-refractivity contribution in [2.75, 3.05) is 37.7 Å². The number of hydrogen-bond donors (Lipinski definition) is 1. The molecule has 0 aromatic rings. The van der Waals surface area contributed by atoms with Crippen LogP contribution >= 0.6 is 11.8 Å². The van der Waals surface area contributed by atoms with Gasteiger partial charge in [0.25, 0.3) is 0 Å². The van der Waals surface area contributed by atoms with Crippen molar-refractivity contribution in [2.45, 2.75) is 32.9 Å². The summed E-state index contributed by atoms with van der Waals surface area (Å²) >= 11 is 1.98. The second-order valence-electron chi connectivity index (χ2n) is 5.90. The molecule has 2 fully saturated rings. The summed E-state index contributed by atoms with van der Waals surface area (Å²) < 4.78 is 0. The second-order valence-corrected chi connectivity index (χ2v) is 7.13. The minimum atomic E-state index is -0.394. The molecule has 2 aliphatic rings. The van der Waals surface area contributed by atoms with Crippen LogP contribution in [0.25, 0.3) is 0 Å². The predicted molar refractivity (Wildman–Crippen MR) is 81.7 cm³/mol. The van der Waals surface area contributed by atoms with Gasteiger partial charge in [-0.05, 0) is 12.8 Å². The van der Waals surface area contributed by atoms with Crippen molar-refractivity contribution in [3.05, 3.63) is 0 Å². The van der Waals surface area contributed by atoms with Crippen molar-refractivity contribution in [3.8, 4) is 0 Å². The van der Waals surface area contributed by atoms with E-state index in [1.807, 2.05) is 25.6 Å². The maximum Gasteiger partial charge on any atom is 0.245 e. The van der Waals surface area contributed by atoms with Crippen LogP contribution in [0.4, 0.5) is 0 Å². The quantitative estimate of drug-likeness (QED) is 0.817. The maximum absolute atomic E-state index is 12.3. The lowest BCUT2D eigenvalue weighted by molar-refractivity contribution is -0.150. The maximum atomic E-state index is 12.3. The van der Waals surface area contributed by atoms with E-state index in [1.54, 1.807) is 11.8 Å². The Bertz CT molecular complexity index is 369. The zero-order valence-electron chi connectivity index (χ0n) is 12.6. The van der Waals surface area contributed by atoms with Gasteiger partial charge < -0.3 is 10.2 Å². The van der Waals surface area contributed by atoms with E-state index < -0.39 is 6.04 Å². The van der Waals surface area contributed by atoms with Crippen molar-refractivity contribution in [1.29, 1.82) is 0 Å². The number of rotatable bonds is 4. The van der Waals surface area contributed by atoms with E-state index in [1.165, 1.54) is 11.5 Å². The van der Waals surface area contributed by atoms with Gasteiger partial charge in [-0.15, -0.1) is 0 Å². The van der Waals surface area contributed by atoms with Crippen LogP contribution in [0.3, 0.4) is 0 Å². The lowest BCUT2D eigenvalue weighted by Gasteiger charge is -2.41. The molecule has 2 unspecified atom stereocenters. The first-order chi connectivity index (χ1) is 9.50. The van der Waals surface area contributed by atoms with E-state index >= 15 is 0 Å². The molecule has 0 saturated carbocycles. The molecule has 0 bridgehead atoms. The van der Waals surface area contributed by atoms with Gasteiger partial charge in [-0.3, -0.25) is 14.5 Å². The molecule has 1 N–H and O–H groups in total. The number of carbonyl (C=O) groups excluding carboxylic acids is 2. The normalized spacial score (nSPS) is 28.9. The average molecular weight is 299 g/mol. The van der Waals surface area contributed by atoms with E-state index in [2.05, 4.69) is 10.2 Å². The summed E-state index contributed by atoms with van der Waals surface area (Å²) in [5.41, 5.74) is 0. The molecule has 0 spiro atoms. The molecule has 20 heavy (non-hydrogen) atoms. The Morgan fingerprint density at radius 1 is 1.25 bits per heavy atom. The predicted octanol–water partition coefficient (Wildman–Crippen LogP) is 0.407. The lowest BCUT2D eigenvalue weighted by atomic mass is 9.97. The third-order valence-corrected chi connectivity index (χ3v) is 4.95. The largest absolute Gasteiger partial charge is 0.343 e. The number of amides is 2. The first kappa shape index (κ1) is 15.6. The van der Waals surface area contributed by atoms with Gasteiger partial charge in [-0.25, -0.2) is 0 Å². The summed E-state index contributed by atoms with van der Waals surface area (Å²) in [5, 5.41) is 2.78. The fourth-order valence-electron chi connectivity index (χ4n) is 2.87. The van der Waals surface area contributed by atoms with Gasteiger partial charge in [0.2, 0.25) is 11.8 Å². The van der Waals surface area contributed by atoms with Crippen LogP contribution in [0.5, 0.6) is 0 Å². The summed E-state index contributed by atoms with van der Waals surface area (Å²) in [7, 11) is 0. The van der Waals surface area contributed by atoms with Crippen LogP contribution < -0.4 is 5.32 Å². The van der Waals surface area contributed by atoms with Crippen molar-refractivity contribution in [1.82, 2.24) is 15.1 Å². The van der Waals surface area contributed by atoms with Crippen molar-refractivity contribution >= 4 is 23.6 Å². The van der Waals surface area contributed by atoms with Crippen LogP contribution in [0.2, 0.25) is 0 Å². The minimum Gasteiger partial charge on any atom is -0.343 e. The minimum absolute atomic E-state index is 0.0127. The van der Waals surface area contributed by atoms with Gasteiger partial charge >= 0.3 is 0 Å². The zero-order chi connectivity index (χ0) is 14.7. The highest BCUT2D eigenvalue weighted by atomic mass is 32.2. The van der Waals surface area contributed by atoms with Gasteiger partial charge in [-0.1, -0.05) is 13.8 Å². The number of thioether (sulfide) groups is 1. The Morgan fingerprint density at radius 3 is 2.50 bits per heavy atom. The highest BCUT2D eigenvalue weighted by Gasteiger charge is 2.39. The first-order valence-corrected chi connectivity index (χ1v) is 8.57. The highest BCUT2D eigenvalue weighted by Crippen LogP contribution is 2.18. The molecule has 2 atom stereocenters. The Kier molecular flexibility index (Phi) is 5.32. The second kappa shape index (κ2) is 6.80. The fourth-order valence-corrected chi connectivity index (χ4v) is 3.85. The number of hydrogen-bond acceptors (Lipinski definition) is 4. The summed E-state index contributed by atoms with van der Waals surface area (Å²) in [5.74, 6) is 2.51. The van der Waals surface area contributed by atoms with E-state index in [0.29, 0.717) is 6.54 Å². The molecule has 2 heterocycles. The monoisotopic (exact) mass is 299 g/mol. The van der Waals surface area contributed by atoms with Crippen LogP contribution in [0.1, 0.15) is 20.8 Å². The third-order valence-electron chi connectivity index (χ3n) is 4.01. The smallest absolute Gasteiger partial charge is 0.245 e. The van der Waals surface area contributed by atoms with Crippen molar-refractivity contribution < 1.29 is 9.59 Å². The fraction of sp³-hybridized carbons (Fsp3) is 0.857. The van der Waals surface area contributed by atoms with Gasteiger partial charge in [0.1, 0.15) is 12.1 Å². The van der Waals surface area contributed by atoms with Gasteiger partial charge in [0.15, 0.2) is 0 Å². The summed E-state index contributed by atoms with van der Waals surface area (Å²) in [6, 6.07) is -0.715. The summed E-state index contributed by atoms with van der Waals surface area (Å²) in [6.07, 6.45) is 0. The number of carbonyl (C=O) groups is 2. The third kappa shape index (κ3) is 3.47. The molecule has 0 aromatic carbocycles. The van der Waals surface area contributed by atoms with Gasteiger partial charge in [0.05, 0.1) is 0 Å². The average Bonchev–Trinajstić information content (AvgIpc) is 2.41. The molecule has 2 amide bonds. The van der Waals surface area contributed by atoms with Crippen LogP contribution in [0, 0.1) is 5.92 Å². The molecule has 6 heteroatoms. The van der Waals surface area contributed by atoms with E-state index in [4.69, 9.17) is 0 Å². The molecular weight excluding hydrogens is 274 g/mol. The van der Waals surface area contributed by atoms with Crippen molar-refractivity contribution in [3.63, 3.8) is 0 Å². The SMILES string of the molecule is CC1NC(=O)C(C(C)C)N(CCN2CCSCC2)C1=O. The Balaban J connectivity index is 2.00. The molecule has 2 rings (SSSR count). The molecular formula is C14H25N3O2S.